The number of hydrogen-bond acceptors (Lipinski definition) is 2. The molecular formula is C20H19Cl2FN4S. The molecule has 8 heteroatoms. The largest absolute Gasteiger partial charge is 0.358 e. The van der Waals surface area contributed by atoms with Gasteiger partial charge in [0, 0.05) is 44.1 Å². The summed E-state index contributed by atoms with van der Waals surface area (Å²) in [5.74, 6) is -0.316. The second kappa shape index (κ2) is 9.37. The normalized spacial score (nSPS) is 10.7. The lowest BCUT2D eigenvalue weighted by molar-refractivity contribution is 0.627. The SMILES string of the molecule is Cn1cncc1CCN(C(=S)NCc1cccc(Cl)c1Cl)c1cccc(F)c1. The van der Waals surface area contributed by atoms with Gasteiger partial charge in [-0.3, -0.25) is 0 Å². The number of rotatable bonds is 6. The summed E-state index contributed by atoms with van der Waals surface area (Å²) in [4.78, 5) is 6.00. The van der Waals surface area contributed by atoms with Gasteiger partial charge in [-0.2, -0.15) is 0 Å². The van der Waals surface area contributed by atoms with E-state index in [1.807, 2.05) is 40.9 Å². The van der Waals surface area contributed by atoms with Crippen molar-refractivity contribution in [1.29, 1.82) is 0 Å². The van der Waals surface area contributed by atoms with Gasteiger partial charge in [0.25, 0.3) is 0 Å². The molecule has 0 saturated heterocycles. The average molecular weight is 437 g/mol. The van der Waals surface area contributed by atoms with Gasteiger partial charge in [0.1, 0.15) is 5.82 Å². The predicted octanol–water partition coefficient (Wildman–Crippen LogP) is 4.99. The zero-order valence-electron chi connectivity index (χ0n) is 15.2. The summed E-state index contributed by atoms with van der Waals surface area (Å²) in [5, 5.41) is 4.66. The van der Waals surface area contributed by atoms with E-state index in [0.717, 1.165) is 11.3 Å². The molecule has 28 heavy (non-hydrogen) atoms. The van der Waals surface area contributed by atoms with Crippen LogP contribution in [0, 0.1) is 5.82 Å². The number of anilines is 1. The summed E-state index contributed by atoms with van der Waals surface area (Å²) in [6, 6.07) is 11.8. The lowest BCUT2D eigenvalue weighted by Gasteiger charge is -2.26. The fraction of sp³-hybridized carbons (Fsp3) is 0.200. The molecule has 0 aliphatic rings. The Kier molecular flexibility index (Phi) is 6.88. The van der Waals surface area contributed by atoms with E-state index in [-0.39, 0.29) is 5.82 Å². The van der Waals surface area contributed by atoms with Gasteiger partial charge in [-0.25, -0.2) is 9.37 Å². The smallest absolute Gasteiger partial charge is 0.173 e. The molecule has 0 radical (unpaired) electrons. The van der Waals surface area contributed by atoms with Gasteiger partial charge in [0.2, 0.25) is 0 Å². The maximum Gasteiger partial charge on any atom is 0.173 e. The van der Waals surface area contributed by atoms with Crippen LogP contribution < -0.4 is 10.2 Å². The number of halogens is 3. The van der Waals surface area contributed by atoms with Crippen LogP contribution in [0.15, 0.2) is 55.0 Å². The first-order chi connectivity index (χ1) is 13.5. The average Bonchev–Trinajstić information content (AvgIpc) is 3.08. The van der Waals surface area contributed by atoms with E-state index in [0.29, 0.717) is 40.4 Å². The molecule has 1 N–H and O–H groups in total. The molecule has 0 unspecified atom stereocenters. The van der Waals surface area contributed by atoms with Crippen LogP contribution in [0.1, 0.15) is 11.3 Å². The van der Waals surface area contributed by atoms with Crippen molar-refractivity contribution in [3.8, 4) is 0 Å². The Hall–Kier alpha value is -2.15. The topological polar surface area (TPSA) is 33.1 Å². The minimum Gasteiger partial charge on any atom is -0.358 e. The van der Waals surface area contributed by atoms with Gasteiger partial charge < -0.3 is 14.8 Å². The van der Waals surface area contributed by atoms with Crippen molar-refractivity contribution in [1.82, 2.24) is 14.9 Å². The third-order valence-corrected chi connectivity index (χ3v) is 5.56. The highest BCUT2D eigenvalue weighted by Gasteiger charge is 2.15. The third-order valence-electron chi connectivity index (χ3n) is 4.33. The summed E-state index contributed by atoms with van der Waals surface area (Å²) >= 11 is 17.9. The van der Waals surface area contributed by atoms with Gasteiger partial charge >= 0.3 is 0 Å². The van der Waals surface area contributed by atoms with Gasteiger partial charge in [-0.1, -0.05) is 41.4 Å². The zero-order chi connectivity index (χ0) is 20.1. The number of hydrogen-bond donors (Lipinski definition) is 1. The minimum absolute atomic E-state index is 0.316. The molecule has 0 amide bonds. The van der Waals surface area contributed by atoms with Crippen LogP contribution in [0.3, 0.4) is 0 Å². The van der Waals surface area contributed by atoms with E-state index in [1.165, 1.54) is 12.1 Å². The van der Waals surface area contributed by atoms with Crippen molar-refractivity contribution in [3.05, 3.63) is 82.1 Å². The Labute approximate surface area is 178 Å². The van der Waals surface area contributed by atoms with E-state index >= 15 is 0 Å². The second-order valence-corrected chi connectivity index (χ2v) is 7.42. The van der Waals surface area contributed by atoms with Crippen LogP contribution >= 0.6 is 35.4 Å². The zero-order valence-corrected chi connectivity index (χ0v) is 17.5. The fourth-order valence-electron chi connectivity index (χ4n) is 2.80. The van der Waals surface area contributed by atoms with Crippen LogP contribution in [0.25, 0.3) is 0 Å². The summed E-state index contributed by atoms with van der Waals surface area (Å²) in [7, 11) is 1.94. The molecule has 0 spiro atoms. The standard InChI is InChI=1S/C20H19Cl2FN4S/c1-26-13-24-12-17(26)8-9-27(16-6-3-5-15(23)10-16)20(28)25-11-14-4-2-7-18(21)19(14)22/h2-7,10,12-13H,8-9,11H2,1H3,(H,25,28). The first-order valence-electron chi connectivity index (χ1n) is 8.64. The van der Waals surface area contributed by atoms with Crippen molar-refractivity contribution in [2.45, 2.75) is 13.0 Å². The molecule has 0 atom stereocenters. The van der Waals surface area contributed by atoms with Crippen molar-refractivity contribution in [2.75, 3.05) is 11.4 Å². The molecular weight excluding hydrogens is 418 g/mol. The lowest BCUT2D eigenvalue weighted by atomic mass is 10.2. The van der Waals surface area contributed by atoms with E-state index in [2.05, 4.69) is 10.3 Å². The molecule has 146 valence electrons. The van der Waals surface area contributed by atoms with Crippen LogP contribution in [0.5, 0.6) is 0 Å². The molecule has 3 rings (SSSR count). The number of thiocarbonyl (C=S) groups is 1. The summed E-state index contributed by atoms with van der Waals surface area (Å²) in [6.45, 7) is 0.980. The van der Waals surface area contributed by atoms with Gasteiger partial charge in [0.05, 0.1) is 16.4 Å². The number of aryl methyl sites for hydroxylation is 1. The second-order valence-electron chi connectivity index (χ2n) is 6.25. The number of benzene rings is 2. The lowest BCUT2D eigenvalue weighted by Crippen LogP contribution is -2.41. The number of nitrogens with one attached hydrogen (secondary N) is 1. The van der Waals surface area contributed by atoms with E-state index in [4.69, 9.17) is 35.4 Å². The van der Waals surface area contributed by atoms with E-state index in [9.17, 15) is 4.39 Å². The Morgan fingerprint density at radius 1 is 1.25 bits per heavy atom. The molecule has 2 aromatic carbocycles. The number of imidazole rings is 1. The van der Waals surface area contributed by atoms with Gasteiger partial charge in [-0.05, 0) is 42.0 Å². The van der Waals surface area contributed by atoms with E-state index < -0.39 is 0 Å². The van der Waals surface area contributed by atoms with Crippen molar-refractivity contribution < 1.29 is 4.39 Å². The Morgan fingerprint density at radius 2 is 2.04 bits per heavy atom. The highest BCUT2D eigenvalue weighted by molar-refractivity contribution is 7.80. The summed E-state index contributed by atoms with van der Waals surface area (Å²) < 4.78 is 15.7. The van der Waals surface area contributed by atoms with Crippen LogP contribution in [-0.4, -0.2) is 21.2 Å². The molecule has 3 aromatic rings. The van der Waals surface area contributed by atoms with Gasteiger partial charge in [-0.15, -0.1) is 0 Å². The Bertz CT molecular complexity index is 976. The summed E-state index contributed by atoms with van der Waals surface area (Å²) in [5.41, 5.74) is 2.57. The molecule has 0 fully saturated rings. The molecule has 0 aliphatic heterocycles. The Balaban J connectivity index is 1.76. The van der Waals surface area contributed by atoms with Gasteiger partial charge in [0.15, 0.2) is 5.11 Å². The fourth-order valence-corrected chi connectivity index (χ4v) is 3.45. The van der Waals surface area contributed by atoms with Crippen molar-refractivity contribution >= 4 is 46.2 Å². The Morgan fingerprint density at radius 3 is 2.75 bits per heavy atom. The highest BCUT2D eigenvalue weighted by Crippen LogP contribution is 2.25. The molecule has 0 aliphatic carbocycles. The van der Waals surface area contributed by atoms with Crippen molar-refractivity contribution in [3.63, 3.8) is 0 Å². The van der Waals surface area contributed by atoms with Crippen LogP contribution in [0.2, 0.25) is 10.0 Å². The first kappa shape index (κ1) is 20.6. The maximum atomic E-state index is 13.8. The molecule has 1 heterocycles. The molecule has 4 nitrogen and oxygen atoms in total. The predicted molar refractivity (Wildman–Crippen MR) is 117 cm³/mol. The number of aromatic nitrogens is 2. The monoisotopic (exact) mass is 436 g/mol. The highest BCUT2D eigenvalue weighted by atomic mass is 35.5. The minimum atomic E-state index is -0.316. The van der Waals surface area contributed by atoms with Crippen LogP contribution in [-0.2, 0) is 20.0 Å². The van der Waals surface area contributed by atoms with Crippen LogP contribution in [0.4, 0.5) is 10.1 Å². The van der Waals surface area contributed by atoms with Crippen molar-refractivity contribution in [2.24, 2.45) is 7.05 Å². The molecule has 1 aromatic heterocycles. The molecule has 0 saturated carbocycles. The number of nitrogens with zero attached hydrogens (tertiary/aromatic N) is 3. The summed E-state index contributed by atoms with van der Waals surface area (Å²) in [6.07, 6.45) is 4.26. The molecule has 0 bridgehead atoms. The quantitative estimate of drug-likeness (QED) is 0.551. The first-order valence-corrected chi connectivity index (χ1v) is 9.81. The maximum absolute atomic E-state index is 13.8. The van der Waals surface area contributed by atoms with E-state index in [1.54, 1.807) is 18.5 Å². The third kappa shape index (κ3) is 5.01.